The lowest BCUT2D eigenvalue weighted by atomic mass is 10.2. The number of carbonyl (C=O) groups is 1. The zero-order valence-corrected chi connectivity index (χ0v) is 18.6. The van der Waals surface area contributed by atoms with E-state index in [2.05, 4.69) is 25.5 Å². The third kappa shape index (κ3) is 4.50. The monoisotopic (exact) mass is 450 g/mol. The summed E-state index contributed by atoms with van der Waals surface area (Å²) in [5, 5.41) is 12.6. The van der Waals surface area contributed by atoms with E-state index < -0.39 is 0 Å². The summed E-state index contributed by atoms with van der Waals surface area (Å²) in [6.07, 6.45) is 0. The van der Waals surface area contributed by atoms with E-state index in [4.69, 9.17) is 4.74 Å². The van der Waals surface area contributed by atoms with Crippen LogP contribution in [0.1, 0.15) is 35.0 Å². The van der Waals surface area contributed by atoms with Crippen molar-refractivity contribution in [2.45, 2.75) is 23.9 Å². The molecule has 0 bridgehead atoms. The Morgan fingerprint density at radius 3 is 2.69 bits per heavy atom. The number of hydrogen-bond acceptors (Lipinski definition) is 7. The molecule has 9 nitrogen and oxygen atoms in total. The molecule has 10 heteroatoms. The van der Waals surface area contributed by atoms with E-state index in [0.717, 1.165) is 0 Å². The fourth-order valence-corrected chi connectivity index (χ4v) is 4.04. The van der Waals surface area contributed by atoms with E-state index in [1.165, 1.54) is 11.8 Å². The minimum absolute atomic E-state index is 0.167. The first-order chi connectivity index (χ1) is 15.5. The molecule has 2 aromatic heterocycles. The van der Waals surface area contributed by atoms with Crippen LogP contribution in [0.15, 0.2) is 58.5 Å². The van der Waals surface area contributed by atoms with Crippen LogP contribution in [0.5, 0.6) is 5.75 Å². The molecule has 4 aromatic rings. The van der Waals surface area contributed by atoms with E-state index in [0.29, 0.717) is 44.8 Å². The molecule has 0 unspecified atom stereocenters. The van der Waals surface area contributed by atoms with Crippen LogP contribution in [0.2, 0.25) is 0 Å². The highest BCUT2D eigenvalue weighted by atomic mass is 32.2. The first-order valence-corrected chi connectivity index (χ1v) is 10.9. The predicted molar refractivity (Wildman–Crippen MR) is 122 cm³/mol. The van der Waals surface area contributed by atoms with Gasteiger partial charge in [0.2, 0.25) is 0 Å². The molecule has 0 fully saturated rings. The third-order valence-electron chi connectivity index (χ3n) is 4.96. The topological polar surface area (TPSA) is 115 Å². The first-order valence-electron chi connectivity index (χ1n) is 9.91. The summed E-state index contributed by atoms with van der Waals surface area (Å²) in [4.78, 5) is 32.1. The molecule has 4 rings (SSSR count). The number of H-pyrrole nitrogens is 1. The quantitative estimate of drug-likeness (QED) is 0.416. The van der Waals surface area contributed by atoms with Gasteiger partial charge in [0.25, 0.3) is 11.5 Å². The molecule has 1 atom stereocenters. The predicted octanol–water partition coefficient (Wildman–Crippen LogP) is 2.84. The number of ether oxygens (including phenoxy) is 1. The molecule has 0 saturated heterocycles. The largest absolute Gasteiger partial charge is 0.497 e. The number of nitrogens with zero attached hydrogens (tertiary/aromatic N) is 4. The fourth-order valence-electron chi connectivity index (χ4n) is 3.25. The Bertz CT molecular complexity index is 1320. The molecule has 164 valence electrons. The maximum absolute atomic E-state index is 12.5. The van der Waals surface area contributed by atoms with Gasteiger partial charge in [-0.1, -0.05) is 23.9 Å². The summed E-state index contributed by atoms with van der Waals surface area (Å²) >= 11 is 1.41. The average Bonchev–Trinajstić information content (AvgIpc) is 3.18. The second kappa shape index (κ2) is 9.23. The van der Waals surface area contributed by atoms with Crippen molar-refractivity contribution >= 4 is 28.6 Å². The Balaban J connectivity index is 1.43. The Kier molecular flexibility index (Phi) is 6.22. The van der Waals surface area contributed by atoms with Crippen molar-refractivity contribution in [3.63, 3.8) is 0 Å². The number of aromatic nitrogens is 5. The van der Waals surface area contributed by atoms with Crippen LogP contribution in [0.3, 0.4) is 0 Å². The lowest BCUT2D eigenvalue weighted by Crippen LogP contribution is -2.28. The van der Waals surface area contributed by atoms with Crippen LogP contribution in [-0.2, 0) is 12.8 Å². The lowest BCUT2D eigenvalue weighted by molar-refractivity contribution is 0.0937. The lowest BCUT2D eigenvalue weighted by Gasteiger charge is -2.14. The average molecular weight is 451 g/mol. The molecule has 32 heavy (non-hydrogen) atoms. The number of methoxy groups -OCH3 is 1. The van der Waals surface area contributed by atoms with Gasteiger partial charge in [-0.3, -0.25) is 9.59 Å². The summed E-state index contributed by atoms with van der Waals surface area (Å²) in [6.45, 7) is 1.85. The molecule has 2 N–H and O–H groups in total. The number of nitrogens with one attached hydrogen (secondary N) is 2. The van der Waals surface area contributed by atoms with Crippen molar-refractivity contribution in [1.82, 2.24) is 30.0 Å². The SMILES string of the molecule is COc1ccc(C(=O)N[C@H](C)c2nnc(SCc3nc4ccccc4c(=O)[nH]3)n2C)cc1. The number of amides is 1. The zero-order valence-electron chi connectivity index (χ0n) is 17.8. The minimum Gasteiger partial charge on any atom is -0.497 e. The number of aromatic amines is 1. The van der Waals surface area contributed by atoms with E-state index in [9.17, 15) is 9.59 Å². The summed E-state index contributed by atoms with van der Waals surface area (Å²) in [5.41, 5.74) is 1.01. The Morgan fingerprint density at radius 2 is 1.94 bits per heavy atom. The van der Waals surface area contributed by atoms with Crippen molar-refractivity contribution in [2.75, 3.05) is 7.11 Å². The minimum atomic E-state index is -0.352. The molecule has 1 amide bonds. The number of carbonyl (C=O) groups excluding carboxylic acids is 1. The van der Waals surface area contributed by atoms with Crippen LogP contribution < -0.4 is 15.6 Å². The number of fused-ring (bicyclic) bond motifs is 1. The summed E-state index contributed by atoms with van der Waals surface area (Å²) in [5.74, 6) is 2.08. The van der Waals surface area contributed by atoms with Gasteiger partial charge < -0.3 is 19.6 Å². The van der Waals surface area contributed by atoms with Gasteiger partial charge in [0.05, 0.1) is 29.8 Å². The number of hydrogen-bond donors (Lipinski definition) is 2. The standard InChI is InChI=1S/C22H22N6O3S/c1-13(23-20(29)14-8-10-15(31-3)11-9-14)19-26-27-22(28(19)2)32-12-18-24-17-7-5-4-6-16(17)21(30)25-18/h4-11,13H,12H2,1-3H3,(H,23,29)(H,24,25,30)/t13-/m1/s1. The van der Waals surface area contributed by atoms with Crippen LogP contribution in [-0.4, -0.2) is 37.7 Å². The van der Waals surface area contributed by atoms with Crippen molar-refractivity contribution in [3.05, 3.63) is 76.1 Å². The molecule has 0 radical (unpaired) electrons. The van der Waals surface area contributed by atoms with Crippen molar-refractivity contribution in [3.8, 4) is 5.75 Å². The van der Waals surface area contributed by atoms with Crippen LogP contribution in [0.4, 0.5) is 0 Å². The van der Waals surface area contributed by atoms with Gasteiger partial charge in [0.1, 0.15) is 11.6 Å². The van der Waals surface area contributed by atoms with Crippen LogP contribution >= 0.6 is 11.8 Å². The number of rotatable bonds is 7. The smallest absolute Gasteiger partial charge is 0.258 e. The van der Waals surface area contributed by atoms with Gasteiger partial charge >= 0.3 is 0 Å². The maximum Gasteiger partial charge on any atom is 0.258 e. The second-order valence-corrected chi connectivity index (χ2v) is 8.08. The van der Waals surface area contributed by atoms with E-state index >= 15 is 0 Å². The van der Waals surface area contributed by atoms with Gasteiger partial charge in [-0.2, -0.15) is 0 Å². The van der Waals surface area contributed by atoms with Gasteiger partial charge in [-0.05, 0) is 43.3 Å². The molecule has 0 saturated carbocycles. The van der Waals surface area contributed by atoms with Gasteiger partial charge in [-0.15, -0.1) is 10.2 Å². The normalized spacial score (nSPS) is 12.0. The van der Waals surface area contributed by atoms with Crippen molar-refractivity contribution in [2.24, 2.45) is 7.05 Å². The molecule has 0 spiro atoms. The van der Waals surface area contributed by atoms with Crippen LogP contribution in [0, 0.1) is 0 Å². The number of para-hydroxylation sites is 1. The Labute approximate surface area is 188 Å². The molecule has 2 heterocycles. The fraction of sp³-hybridized carbons (Fsp3) is 0.227. The van der Waals surface area contributed by atoms with Crippen molar-refractivity contribution in [1.29, 1.82) is 0 Å². The van der Waals surface area contributed by atoms with Gasteiger partial charge in [0, 0.05) is 12.6 Å². The molecular weight excluding hydrogens is 428 g/mol. The zero-order chi connectivity index (χ0) is 22.7. The number of benzene rings is 2. The molecule has 0 aliphatic rings. The summed E-state index contributed by atoms with van der Waals surface area (Å²) < 4.78 is 6.94. The Hall–Kier alpha value is -3.66. The molecule has 0 aliphatic heterocycles. The maximum atomic E-state index is 12.5. The van der Waals surface area contributed by atoms with E-state index in [1.807, 2.05) is 36.7 Å². The van der Waals surface area contributed by atoms with E-state index in [-0.39, 0.29) is 17.5 Å². The highest BCUT2D eigenvalue weighted by Crippen LogP contribution is 2.22. The Morgan fingerprint density at radius 1 is 1.19 bits per heavy atom. The number of thioether (sulfide) groups is 1. The molecule has 2 aromatic carbocycles. The second-order valence-electron chi connectivity index (χ2n) is 7.14. The third-order valence-corrected chi connectivity index (χ3v) is 5.99. The van der Waals surface area contributed by atoms with Crippen LogP contribution in [0.25, 0.3) is 10.9 Å². The first kappa shape index (κ1) is 21.6. The molecular formula is C22H22N6O3S. The highest BCUT2D eigenvalue weighted by Gasteiger charge is 2.19. The van der Waals surface area contributed by atoms with Gasteiger partial charge in [0.15, 0.2) is 11.0 Å². The highest BCUT2D eigenvalue weighted by molar-refractivity contribution is 7.98. The molecule has 0 aliphatic carbocycles. The van der Waals surface area contributed by atoms with E-state index in [1.54, 1.807) is 37.4 Å². The van der Waals surface area contributed by atoms with Gasteiger partial charge in [-0.25, -0.2) is 4.98 Å². The summed E-state index contributed by atoms with van der Waals surface area (Å²) in [7, 11) is 3.42. The van der Waals surface area contributed by atoms with Crippen molar-refractivity contribution < 1.29 is 9.53 Å². The summed E-state index contributed by atoms with van der Waals surface area (Å²) in [6, 6.07) is 13.7.